The molecule has 0 amide bonds. The molecule has 0 aromatic carbocycles. The quantitative estimate of drug-likeness (QED) is 0.120. The van der Waals surface area contributed by atoms with Crippen molar-refractivity contribution in [1.29, 1.82) is 0 Å². The third-order valence-electron chi connectivity index (χ3n) is 5.01. The molecule has 0 aliphatic carbocycles. The first-order valence-electron chi connectivity index (χ1n) is 11.0. The van der Waals surface area contributed by atoms with Crippen LogP contribution in [0.2, 0.25) is 12.6 Å². The first kappa shape index (κ1) is 23.0. The first-order chi connectivity index (χ1) is 11.4. The lowest BCUT2D eigenvalue weighted by atomic mass is 10.0. The fourth-order valence-corrected chi connectivity index (χ4v) is 4.22. The van der Waals surface area contributed by atoms with E-state index in [9.17, 15) is 0 Å². The van der Waals surface area contributed by atoms with Crippen molar-refractivity contribution in [3.63, 3.8) is 0 Å². The summed E-state index contributed by atoms with van der Waals surface area (Å²) in [4.78, 5) is 0. The molecule has 0 spiro atoms. The SMILES string of the molecule is C=CCCCCCCCCCCCCCCCCCCC[SiH2]C. The molecule has 0 unspecified atom stereocenters. The van der Waals surface area contributed by atoms with Gasteiger partial charge in [0, 0.05) is 9.52 Å². The average Bonchev–Trinajstić information content (AvgIpc) is 2.57. The van der Waals surface area contributed by atoms with Crippen molar-refractivity contribution in [2.45, 2.75) is 128 Å². The molecular formula is C22H46Si. The molecule has 0 aromatic heterocycles. The minimum atomic E-state index is 0.343. The van der Waals surface area contributed by atoms with Gasteiger partial charge in [-0.15, -0.1) is 6.58 Å². The molecule has 1 heteroatoms. The van der Waals surface area contributed by atoms with Crippen LogP contribution in [-0.2, 0) is 0 Å². The number of rotatable bonds is 20. The monoisotopic (exact) mass is 338 g/mol. The Bertz CT molecular complexity index is 212. The summed E-state index contributed by atoms with van der Waals surface area (Å²) in [5.41, 5.74) is 0. The van der Waals surface area contributed by atoms with E-state index in [1.54, 1.807) is 6.04 Å². The highest BCUT2D eigenvalue weighted by atomic mass is 28.2. The van der Waals surface area contributed by atoms with E-state index in [0.717, 1.165) is 0 Å². The van der Waals surface area contributed by atoms with E-state index < -0.39 is 0 Å². The third-order valence-corrected chi connectivity index (χ3v) is 6.22. The summed E-state index contributed by atoms with van der Waals surface area (Å²) in [6.07, 6.45) is 28.3. The fourth-order valence-electron chi connectivity index (χ4n) is 3.37. The molecule has 0 saturated carbocycles. The van der Waals surface area contributed by atoms with Crippen LogP contribution in [-0.4, -0.2) is 9.52 Å². The van der Waals surface area contributed by atoms with Crippen molar-refractivity contribution in [1.82, 2.24) is 0 Å². The zero-order chi connectivity index (χ0) is 16.8. The van der Waals surface area contributed by atoms with Gasteiger partial charge in [0.25, 0.3) is 0 Å². The largest absolute Gasteiger partial charge is 0.103 e. The van der Waals surface area contributed by atoms with Crippen LogP contribution in [0.3, 0.4) is 0 Å². The van der Waals surface area contributed by atoms with Crippen LogP contribution in [0.5, 0.6) is 0 Å². The zero-order valence-corrected chi connectivity index (χ0v) is 17.8. The first-order valence-corrected chi connectivity index (χ1v) is 13.4. The second-order valence-electron chi connectivity index (χ2n) is 7.44. The van der Waals surface area contributed by atoms with Crippen LogP contribution in [0.15, 0.2) is 12.7 Å². The lowest BCUT2D eigenvalue weighted by Gasteiger charge is -2.03. The Balaban J connectivity index is 2.93. The molecule has 0 fully saturated rings. The van der Waals surface area contributed by atoms with E-state index >= 15 is 0 Å². The van der Waals surface area contributed by atoms with E-state index in [2.05, 4.69) is 19.2 Å². The molecule has 0 saturated heterocycles. The number of hydrogen-bond donors (Lipinski definition) is 0. The second-order valence-corrected chi connectivity index (χ2v) is 9.15. The summed E-state index contributed by atoms with van der Waals surface area (Å²) in [5, 5.41) is 0. The smallest absolute Gasteiger partial charge is 0.0166 e. The lowest BCUT2D eigenvalue weighted by molar-refractivity contribution is 0.527. The van der Waals surface area contributed by atoms with Crippen LogP contribution >= 0.6 is 0 Å². The molecule has 0 radical (unpaired) electrons. The Labute approximate surface area is 150 Å². The summed E-state index contributed by atoms with van der Waals surface area (Å²) in [6, 6.07) is 1.58. The van der Waals surface area contributed by atoms with Crippen LogP contribution in [0, 0.1) is 0 Å². The predicted octanol–water partition coefficient (Wildman–Crippen LogP) is 7.83. The number of allylic oxidation sites excluding steroid dienone is 1. The molecule has 0 nitrogen and oxygen atoms in total. The highest BCUT2D eigenvalue weighted by Crippen LogP contribution is 2.14. The van der Waals surface area contributed by atoms with Crippen LogP contribution in [0.25, 0.3) is 0 Å². The summed E-state index contributed by atoms with van der Waals surface area (Å²) in [6.45, 7) is 6.21. The van der Waals surface area contributed by atoms with Crippen molar-refractivity contribution in [3.8, 4) is 0 Å². The number of unbranched alkanes of at least 4 members (excludes halogenated alkanes) is 17. The van der Waals surface area contributed by atoms with Crippen molar-refractivity contribution in [2.24, 2.45) is 0 Å². The summed E-state index contributed by atoms with van der Waals surface area (Å²) >= 11 is 0. The minimum Gasteiger partial charge on any atom is -0.103 e. The van der Waals surface area contributed by atoms with Gasteiger partial charge in [0.1, 0.15) is 0 Å². The Hall–Kier alpha value is -0.0431. The molecular weight excluding hydrogens is 292 g/mol. The van der Waals surface area contributed by atoms with Gasteiger partial charge in [-0.2, -0.15) is 0 Å². The van der Waals surface area contributed by atoms with Gasteiger partial charge in [0.15, 0.2) is 0 Å². The van der Waals surface area contributed by atoms with Crippen LogP contribution < -0.4 is 0 Å². The van der Waals surface area contributed by atoms with E-state index in [0.29, 0.717) is 9.52 Å². The van der Waals surface area contributed by atoms with E-state index in [1.807, 2.05) is 0 Å². The van der Waals surface area contributed by atoms with Gasteiger partial charge in [-0.3, -0.25) is 0 Å². The number of hydrogen-bond acceptors (Lipinski definition) is 0. The Morgan fingerprint density at radius 2 is 0.826 bits per heavy atom. The van der Waals surface area contributed by atoms with Crippen LogP contribution in [0.1, 0.15) is 116 Å². The van der Waals surface area contributed by atoms with Gasteiger partial charge in [0.05, 0.1) is 0 Å². The molecule has 0 N–H and O–H groups in total. The molecule has 0 aliphatic heterocycles. The van der Waals surface area contributed by atoms with Gasteiger partial charge in [-0.25, -0.2) is 0 Å². The molecule has 23 heavy (non-hydrogen) atoms. The zero-order valence-electron chi connectivity index (χ0n) is 16.4. The molecule has 0 aliphatic rings. The Kier molecular flexibility index (Phi) is 21.9. The average molecular weight is 339 g/mol. The molecule has 0 heterocycles. The standard InChI is InChI=1S/C22H46Si/c1-3-4-5-6-7-8-9-10-11-12-13-14-15-16-17-18-19-20-21-22-23-2/h3H,1,4-23H2,2H3. The van der Waals surface area contributed by atoms with Gasteiger partial charge in [-0.05, 0) is 12.8 Å². The maximum atomic E-state index is 3.78. The predicted molar refractivity (Wildman–Crippen MR) is 113 cm³/mol. The highest BCUT2D eigenvalue weighted by Gasteiger charge is 1.95. The highest BCUT2D eigenvalue weighted by molar-refractivity contribution is 6.33. The maximum absolute atomic E-state index is 3.78. The lowest BCUT2D eigenvalue weighted by Crippen LogP contribution is -1.85. The summed E-state index contributed by atoms with van der Waals surface area (Å²) in [7, 11) is 0.343. The molecule has 0 atom stereocenters. The molecule has 138 valence electrons. The van der Waals surface area contributed by atoms with Gasteiger partial charge in [-0.1, -0.05) is 121 Å². The third kappa shape index (κ3) is 22.0. The topological polar surface area (TPSA) is 0 Å². The van der Waals surface area contributed by atoms with E-state index in [4.69, 9.17) is 0 Å². The normalized spacial score (nSPS) is 11.5. The van der Waals surface area contributed by atoms with E-state index in [1.165, 1.54) is 116 Å². The van der Waals surface area contributed by atoms with E-state index in [-0.39, 0.29) is 0 Å². The van der Waals surface area contributed by atoms with Crippen molar-refractivity contribution in [2.75, 3.05) is 0 Å². The fraction of sp³-hybridized carbons (Fsp3) is 0.909. The minimum absolute atomic E-state index is 0.343. The maximum Gasteiger partial charge on any atom is 0.0166 e. The summed E-state index contributed by atoms with van der Waals surface area (Å²) < 4.78 is 0. The van der Waals surface area contributed by atoms with Crippen molar-refractivity contribution < 1.29 is 0 Å². The Morgan fingerprint density at radius 1 is 0.522 bits per heavy atom. The molecule has 0 bridgehead atoms. The molecule has 0 rings (SSSR count). The second kappa shape index (κ2) is 22.0. The van der Waals surface area contributed by atoms with Crippen molar-refractivity contribution in [3.05, 3.63) is 12.7 Å². The molecule has 0 aromatic rings. The van der Waals surface area contributed by atoms with Crippen LogP contribution in [0.4, 0.5) is 0 Å². The van der Waals surface area contributed by atoms with Gasteiger partial charge < -0.3 is 0 Å². The van der Waals surface area contributed by atoms with Gasteiger partial charge >= 0.3 is 0 Å². The summed E-state index contributed by atoms with van der Waals surface area (Å²) in [5.74, 6) is 0. The van der Waals surface area contributed by atoms with Gasteiger partial charge in [0.2, 0.25) is 0 Å². The Morgan fingerprint density at radius 3 is 1.13 bits per heavy atom. The van der Waals surface area contributed by atoms with Crippen molar-refractivity contribution >= 4 is 9.52 Å².